The molecular formula is C16H23NO3. The minimum absolute atomic E-state index is 0.0863. The predicted octanol–water partition coefficient (Wildman–Crippen LogP) is 2.02. The summed E-state index contributed by atoms with van der Waals surface area (Å²) in [5.41, 5.74) is 6.11. The van der Waals surface area contributed by atoms with Gasteiger partial charge in [-0.3, -0.25) is 4.79 Å². The van der Waals surface area contributed by atoms with E-state index in [1.54, 1.807) is 0 Å². The molecular weight excluding hydrogens is 254 g/mol. The van der Waals surface area contributed by atoms with Gasteiger partial charge in [-0.05, 0) is 31.7 Å². The Kier molecular flexibility index (Phi) is 5.15. The zero-order valence-corrected chi connectivity index (χ0v) is 12.0. The molecule has 20 heavy (non-hydrogen) atoms. The molecule has 2 N–H and O–H groups in total. The zero-order chi connectivity index (χ0) is 14.4. The van der Waals surface area contributed by atoms with E-state index in [1.165, 1.54) is 0 Å². The minimum atomic E-state index is -0.799. The van der Waals surface area contributed by atoms with Gasteiger partial charge >= 0.3 is 5.97 Å². The maximum Gasteiger partial charge on any atom is 0.317 e. The molecule has 0 radical (unpaired) electrons. The van der Waals surface area contributed by atoms with Gasteiger partial charge in [0.2, 0.25) is 0 Å². The van der Waals surface area contributed by atoms with E-state index in [2.05, 4.69) is 0 Å². The van der Waals surface area contributed by atoms with Crippen molar-refractivity contribution in [3.05, 3.63) is 35.9 Å². The van der Waals surface area contributed by atoms with Crippen LogP contribution in [0.1, 0.15) is 31.7 Å². The molecule has 0 spiro atoms. The van der Waals surface area contributed by atoms with Gasteiger partial charge in [-0.2, -0.15) is 0 Å². The van der Waals surface area contributed by atoms with Gasteiger partial charge in [-0.15, -0.1) is 0 Å². The molecule has 2 rings (SSSR count). The van der Waals surface area contributed by atoms with Crippen LogP contribution in [0.3, 0.4) is 0 Å². The lowest BCUT2D eigenvalue weighted by Gasteiger charge is -2.32. The van der Waals surface area contributed by atoms with E-state index in [0.717, 1.165) is 25.0 Å². The van der Waals surface area contributed by atoms with Gasteiger partial charge in [0.1, 0.15) is 5.41 Å². The molecule has 1 fully saturated rings. The molecule has 1 aromatic carbocycles. The standard InChI is InChI=1S/C16H23NO3/c1-2-19-15(18)16(12-17,11-14-9-6-10-20-14)13-7-4-3-5-8-13/h3-5,7-8,14H,2,6,9-12,17H2,1H3. The first-order valence-electron chi connectivity index (χ1n) is 7.27. The number of carbonyl (C=O) groups is 1. The average molecular weight is 277 g/mol. The molecule has 0 aromatic heterocycles. The van der Waals surface area contributed by atoms with Crippen LogP contribution in [-0.4, -0.2) is 31.8 Å². The summed E-state index contributed by atoms with van der Waals surface area (Å²) in [7, 11) is 0. The first kappa shape index (κ1) is 15.0. The zero-order valence-electron chi connectivity index (χ0n) is 12.0. The Morgan fingerprint density at radius 1 is 1.45 bits per heavy atom. The van der Waals surface area contributed by atoms with Gasteiger partial charge < -0.3 is 15.2 Å². The summed E-state index contributed by atoms with van der Waals surface area (Å²) in [6, 6.07) is 9.67. The van der Waals surface area contributed by atoms with E-state index in [1.807, 2.05) is 37.3 Å². The molecule has 1 aliphatic rings. The predicted molar refractivity (Wildman–Crippen MR) is 77.4 cm³/mol. The van der Waals surface area contributed by atoms with Crippen molar-refractivity contribution < 1.29 is 14.3 Å². The van der Waals surface area contributed by atoms with E-state index in [0.29, 0.717) is 13.0 Å². The summed E-state index contributed by atoms with van der Waals surface area (Å²) in [6.45, 7) is 3.17. The van der Waals surface area contributed by atoms with Gasteiger partial charge in [0.15, 0.2) is 0 Å². The quantitative estimate of drug-likeness (QED) is 0.808. The van der Waals surface area contributed by atoms with Crippen LogP contribution in [0.4, 0.5) is 0 Å². The molecule has 0 aliphatic carbocycles. The van der Waals surface area contributed by atoms with Crippen molar-refractivity contribution in [1.82, 2.24) is 0 Å². The van der Waals surface area contributed by atoms with Crippen molar-refractivity contribution in [1.29, 1.82) is 0 Å². The lowest BCUT2D eigenvalue weighted by atomic mass is 9.75. The number of benzene rings is 1. The van der Waals surface area contributed by atoms with E-state index < -0.39 is 5.41 Å². The Hall–Kier alpha value is -1.39. The number of esters is 1. The second-order valence-corrected chi connectivity index (χ2v) is 5.21. The highest BCUT2D eigenvalue weighted by molar-refractivity contribution is 5.83. The minimum Gasteiger partial charge on any atom is -0.465 e. The van der Waals surface area contributed by atoms with Crippen LogP contribution < -0.4 is 5.73 Å². The number of rotatable bonds is 6. The molecule has 0 saturated carbocycles. The molecule has 1 heterocycles. The van der Waals surface area contributed by atoms with Gasteiger partial charge in [0, 0.05) is 13.2 Å². The van der Waals surface area contributed by atoms with Crippen molar-refractivity contribution in [3.63, 3.8) is 0 Å². The molecule has 4 nitrogen and oxygen atoms in total. The van der Waals surface area contributed by atoms with Gasteiger partial charge in [0.05, 0.1) is 12.7 Å². The van der Waals surface area contributed by atoms with Crippen LogP contribution in [0.5, 0.6) is 0 Å². The van der Waals surface area contributed by atoms with Gasteiger partial charge in [-0.1, -0.05) is 30.3 Å². The van der Waals surface area contributed by atoms with Crippen LogP contribution in [0.2, 0.25) is 0 Å². The van der Waals surface area contributed by atoms with Crippen LogP contribution in [0.15, 0.2) is 30.3 Å². The Morgan fingerprint density at radius 3 is 2.75 bits per heavy atom. The monoisotopic (exact) mass is 277 g/mol. The molecule has 0 amide bonds. The third kappa shape index (κ3) is 3.02. The Balaban J connectivity index is 2.31. The highest BCUT2D eigenvalue weighted by Gasteiger charge is 2.43. The molecule has 1 aromatic rings. The normalized spacial score (nSPS) is 21.4. The smallest absolute Gasteiger partial charge is 0.317 e. The molecule has 4 heteroatoms. The van der Waals surface area contributed by atoms with Crippen LogP contribution in [0, 0.1) is 0 Å². The molecule has 2 unspecified atom stereocenters. The summed E-state index contributed by atoms with van der Waals surface area (Å²) < 4.78 is 11.0. The first-order valence-corrected chi connectivity index (χ1v) is 7.27. The summed E-state index contributed by atoms with van der Waals surface area (Å²) in [5, 5.41) is 0. The maximum atomic E-state index is 12.5. The molecule has 1 saturated heterocycles. The average Bonchev–Trinajstić information content (AvgIpc) is 2.99. The van der Waals surface area contributed by atoms with E-state index in [-0.39, 0.29) is 18.6 Å². The van der Waals surface area contributed by atoms with Crippen molar-refractivity contribution in [2.24, 2.45) is 5.73 Å². The third-order valence-corrected chi connectivity index (χ3v) is 3.94. The fourth-order valence-corrected chi connectivity index (χ4v) is 2.82. The second-order valence-electron chi connectivity index (χ2n) is 5.21. The van der Waals surface area contributed by atoms with Crippen LogP contribution in [-0.2, 0) is 19.7 Å². The number of carbonyl (C=O) groups excluding carboxylic acids is 1. The number of hydrogen-bond donors (Lipinski definition) is 1. The van der Waals surface area contributed by atoms with Gasteiger partial charge in [-0.25, -0.2) is 0 Å². The van der Waals surface area contributed by atoms with Crippen molar-refractivity contribution >= 4 is 5.97 Å². The highest BCUT2D eigenvalue weighted by Crippen LogP contribution is 2.33. The van der Waals surface area contributed by atoms with E-state index in [9.17, 15) is 4.79 Å². The third-order valence-electron chi connectivity index (χ3n) is 3.94. The first-order chi connectivity index (χ1) is 9.73. The number of hydrogen-bond acceptors (Lipinski definition) is 4. The van der Waals surface area contributed by atoms with Crippen molar-refractivity contribution in [2.75, 3.05) is 19.8 Å². The highest BCUT2D eigenvalue weighted by atomic mass is 16.5. The van der Waals surface area contributed by atoms with Crippen molar-refractivity contribution in [2.45, 2.75) is 37.7 Å². The Bertz CT molecular complexity index is 429. The van der Waals surface area contributed by atoms with Crippen LogP contribution in [0.25, 0.3) is 0 Å². The number of ether oxygens (including phenoxy) is 2. The number of nitrogens with two attached hydrogens (primary N) is 1. The summed E-state index contributed by atoms with van der Waals surface area (Å²) in [5.74, 6) is -0.246. The summed E-state index contributed by atoms with van der Waals surface area (Å²) >= 11 is 0. The summed E-state index contributed by atoms with van der Waals surface area (Å²) in [4.78, 5) is 12.5. The fourth-order valence-electron chi connectivity index (χ4n) is 2.82. The molecule has 2 atom stereocenters. The Labute approximate surface area is 120 Å². The Morgan fingerprint density at radius 2 is 2.20 bits per heavy atom. The molecule has 0 bridgehead atoms. The van der Waals surface area contributed by atoms with E-state index >= 15 is 0 Å². The van der Waals surface area contributed by atoms with Crippen LogP contribution >= 0.6 is 0 Å². The van der Waals surface area contributed by atoms with Crippen molar-refractivity contribution in [3.8, 4) is 0 Å². The fraction of sp³-hybridized carbons (Fsp3) is 0.562. The largest absolute Gasteiger partial charge is 0.465 e. The molecule has 1 aliphatic heterocycles. The SMILES string of the molecule is CCOC(=O)C(CN)(CC1CCCO1)c1ccccc1. The second kappa shape index (κ2) is 6.86. The lowest BCUT2D eigenvalue weighted by molar-refractivity contribution is -0.151. The summed E-state index contributed by atoms with van der Waals surface area (Å²) in [6.07, 6.45) is 2.70. The van der Waals surface area contributed by atoms with Gasteiger partial charge in [0.25, 0.3) is 0 Å². The lowest BCUT2D eigenvalue weighted by Crippen LogP contribution is -2.46. The maximum absolute atomic E-state index is 12.5. The topological polar surface area (TPSA) is 61.5 Å². The molecule has 110 valence electrons. The van der Waals surface area contributed by atoms with E-state index in [4.69, 9.17) is 15.2 Å².